The second-order valence-corrected chi connectivity index (χ2v) is 8.98. The molecule has 0 fully saturated rings. The summed E-state index contributed by atoms with van der Waals surface area (Å²) >= 11 is 7.54. The van der Waals surface area contributed by atoms with E-state index < -0.39 is 11.9 Å². The molecule has 0 bridgehead atoms. The van der Waals surface area contributed by atoms with Crippen molar-refractivity contribution in [1.29, 1.82) is 5.41 Å². The lowest BCUT2D eigenvalue weighted by Crippen LogP contribution is -2.35. The van der Waals surface area contributed by atoms with E-state index in [1.807, 2.05) is 25.1 Å². The zero-order valence-electron chi connectivity index (χ0n) is 18.2. The van der Waals surface area contributed by atoms with E-state index in [1.54, 1.807) is 42.7 Å². The summed E-state index contributed by atoms with van der Waals surface area (Å²) in [5.74, 6) is -0.996. The van der Waals surface area contributed by atoms with Gasteiger partial charge in [0.15, 0.2) is 5.84 Å². The van der Waals surface area contributed by atoms with Crippen LogP contribution in [-0.2, 0) is 4.79 Å². The molecule has 0 radical (unpaired) electrons. The van der Waals surface area contributed by atoms with Crippen molar-refractivity contribution in [2.75, 3.05) is 0 Å². The number of nitrogens with one attached hydrogen (secondary N) is 1. The van der Waals surface area contributed by atoms with Gasteiger partial charge in [-0.05, 0) is 66.7 Å². The number of aliphatic imine (C=N–C) groups is 1. The van der Waals surface area contributed by atoms with E-state index in [0.29, 0.717) is 21.3 Å². The molecule has 10 heteroatoms. The third kappa shape index (κ3) is 4.64. The Bertz CT molecular complexity index is 1470. The highest BCUT2D eigenvalue weighted by Gasteiger charge is 2.36. The Kier molecular flexibility index (Phi) is 6.02. The fraction of sp³-hybridized carbons (Fsp3) is 0.0400. The minimum Gasteiger partial charge on any atom is -0.421 e. The smallest absolute Gasteiger partial charge is 0.343 e. The number of aromatic nitrogens is 1. The number of aryl methyl sites for hydroxylation is 1. The maximum atomic E-state index is 12.7. The average Bonchev–Trinajstić information content (AvgIpc) is 3.28. The fourth-order valence-corrected chi connectivity index (χ4v) is 4.41. The van der Waals surface area contributed by atoms with E-state index in [4.69, 9.17) is 21.7 Å². The molecule has 0 aliphatic carbocycles. The van der Waals surface area contributed by atoms with Crippen LogP contribution in [0.3, 0.4) is 0 Å². The van der Waals surface area contributed by atoms with Crippen LogP contribution in [0.15, 0.2) is 82.7 Å². The van der Waals surface area contributed by atoms with Gasteiger partial charge in [-0.1, -0.05) is 35.4 Å². The molecule has 1 N–H and O–H groups in total. The highest BCUT2D eigenvalue weighted by Crippen LogP contribution is 2.32. The number of hydrogen-bond donors (Lipinski definition) is 1. The number of carbonyl (C=O) groups is 2. The lowest BCUT2D eigenvalue weighted by atomic mass is 10.1. The van der Waals surface area contributed by atoms with Gasteiger partial charge in [-0.2, -0.15) is 15.1 Å². The Morgan fingerprint density at radius 1 is 1.17 bits per heavy atom. The van der Waals surface area contributed by atoms with Crippen LogP contribution >= 0.6 is 23.4 Å². The summed E-state index contributed by atoms with van der Waals surface area (Å²) in [6.45, 7) is 1.93. The van der Waals surface area contributed by atoms with E-state index in [0.717, 1.165) is 11.1 Å². The largest absolute Gasteiger partial charge is 0.421 e. The molecule has 35 heavy (non-hydrogen) atoms. The molecule has 2 aliphatic heterocycles. The summed E-state index contributed by atoms with van der Waals surface area (Å²) in [6.07, 6.45) is 4.81. The first-order valence-corrected chi connectivity index (χ1v) is 11.6. The number of esters is 1. The number of nitrogens with zero attached hydrogens (tertiary/aromatic N) is 4. The van der Waals surface area contributed by atoms with Crippen molar-refractivity contribution in [3.63, 3.8) is 0 Å². The molecular weight excluding hydrogens is 486 g/mol. The number of thioether (sulfide) groups is 1. The first-order chi connectivity index (χ1) is 16.9. The average molecular weight is 502 g/mol. The SMILES string of the molecule is Cc1ccc(C(=O)Oc2ccc(C=C3C(=N)N4N=C(c5cccnc5)SC4=NC3=O)cc2Cl)cc1. The number of hydrogen-bond acceptors (Lipinski definition) is 7. The van der Waals surface area contributed by atoms with Gasteiger partial charge in [0.25, 0.3) is 5.91 Å². The number of carbonyl (C=O) groups excluding carboxylic acids is 2. The van der Waals surface area contributed by atoms with E-state index in [9.17, 15) is 9.59 Å². The monoisotopic (exact) mass is 501 g/mol. The van der Waals surface area contributed by atoms with Gasteiger partial charge in [0, 0.05) is 18.0 Å². The normalized spacial score (nSPS) is 16.2. The molecule has 0 saturated carbocycles. The highest BCUT2D eigenvalue weighted by molar-refractivity contribution is 8.27. The number of amides is 1. The molecule has 1 aromatic heterocycles. The third-order valence-corrected chi connectivity index (χ3v) is 6.37. The molecule has 2 aromatic carbocycles. The lowest BCUT2D eigenvalue weighted by molar-refractivity contribution is -0.114. The number of halogens is 1. The van der Waals surface area contributed by atoms with E-state index in [2.05, 4.69) is 15.1 Å². The molecule has 0 atom stereocenters. The first-order valence-electron chi connectivity index (χ1n) is 10.4. The molecule has 3 aromatic rings. The molecule has 3 heterocycles. The predicted octanol–water partition coefficient (Wildman–Crippen LogP) is 4.93. The molecule has 0 saturated heterocycles. The van der Waals surface area contributed by atoms with Crippen LogP contribution in [0.4, 0.5) is 0 Å². The molecule has 1 amide bonds. The second-order valence-electron chi connectivity index (χ2n) is 7.61. The molecule has 2 aliphatic rings. The van der Waals surface area contributed by atoms with Gasteiger partial charge >= 0.3 is 5.97 Å². The molecule has 0 unspecified atom stereocenters. The van der Waals surface area contributed by atoms with Gasteiger partial charge in [-0.3, -0.25) is 15.2 Å². The van der Waals surface area contributed by atoms with Crippen LogP contribution in [0.1, 0.15) is 27.0 Å². The summed E-state index contributed by atoms with van der Waals surface area (Å²) in [4.78, 5) is 33.2. The number of hydrazone groups is 1. The number of amidine groups is 2. The van der Waals surface area contributed by atoms with Gasteiger partial charge in [0.05, 0.1) is 16.2 Å². The number of ether oxygens (including phenoxy) is 1. The zero-order chi connectivity index (χ0) is 24.5. The Morgan fingerprint density at radius 2 is 1.97 bits per heavy atom. The van der Waals surface area contributed by atoms with Crippen LogP contribution < -0.4 is 4.74 Å². The Hall–Kier alpha value is -4.08. The number of fused-ring (bicyclic) bond motifs is 1. The van der Waals surface area contributed by atoms with E-state index >= 15 is 0 Å². The number of benzene rings is 2. The third-order valence-electron chi connectivity index (χ3n) is 5.12. The summed E-state index contributed by atoms with van der Waals surface area (Å²) in [6, 6.07) is 15.3. The van der Waals surface area contributed by atoms with Gasteiger partial charge in [-0.15, -0.1) is 0 Å². The van der Waals surface area contributed by atoms with Crippen molar-refractivity contribution in [2.24, 2.45) is 10.1 Å². The first kappa shape index (κ1) is 22.7. The van der Waals surface area contributed by atoms with Crippen molar-refractivity contribution in [3.8, 4) is 5.75 Å². The van der Waals surface area contributed by atoms with E-state index in [1.165, 1.54) is 28.9 Å². The Balaban J connectivity index is 1.37. The van der Waals surface area contributed by atoms with Crippen molar-refractivity contribution in [2.45, 2.75) is 6.92 Å². The Morgan fingerprint density at radius 3 is 2.69 bits per heavy atom. The minimum absolute atomic E-state index is 0.0611. The zero-order valence-corrected chi connectivity index (χ0v) is 19.8. The van der Waals surface area contributed by atoms with Crippen molar-refractivity contribution < 1.29 is 14.3 Å². The number of pyridine rings is 1. The Labute approximate surface area is 209 Å². The minimum atomic E-state index is -0.553. The molecule has 5 rings (SSSR count). The number of rotatable bonds is 4. The maximum absolute atomic E-state index is 12.7. The van der Waals surface area contributed by atoms with Gasteiger partial charge in [0.2, 0.25) is 5.17 Å². The second kappa shape index (κ2) is 9.28. The molecular formula is C25H16ClN5O3S. The lowest BCUT2D eigenvalue weighted by Gasteiger charge is -2.20. The van der Waals surface area contributed by atoms with Crippen LogP contribution in [-0.4, -0.2) is 37.9 Å². The van der Waals surface area contributed by atoms with Gasteiger partial charge in [0.1, 0.15) is 10.8 Å². The predicted molar refractivity (Wildman–Crippen MR) is 136 cm³/mol. The van der Waals surface area contributed by atoms with Crippen molar-refractivity contribution >= 4 is 57.4 Å². The maximum Gasteiger partial charge on any atom is 0.343 e. The van der Waals surface area contributed by atoms with Gasteiger partial charge in [-0.25, -0.2) is 4.79 Å². The topological polar surface area (TPSA) is 108 Å². The summed E-state index contributed by atoms with van der Waals surface area (Å²) in [5.41, 5.74) is 2.80. The molecule has 8 nitrogen and oxygen atoms in total. The fourth-order valence-electron chi connectivity index (χ4n) is 3.30. The van der Waals surface area contributed by atoms with Crippen molar-refractivity contribution in [3.05, 3.63) is 99.8 Å². The standard InChI is InChI=1S/C25H16ClN5O3S/c1-14-4-7-16(8-5-14)24(33)34-20-9-6-15(12-19(20)26)11-18-21(27)31-25(29-22(18)32)35-23(30-31)17-3-2-10-28-13-17/h2-13,27H,1H3. The van der Waals surface area contributed by atoms with Crippen LogP contribution in [0.5, 0.6) is 5.75 Å². The van der Waals surface area contributed by atoms with E-state index in [-0.39, 0.29) is 22.2 Å². The highest BCUT2D eigenvalue weighted by atomic mass is 35.5. The quantitative estimate of drug-likeness (QED) is 0.308. The summed E-state index contributed by atoms with van der Waals surface area (Å²) < 4.78 is 5.41. The molecule has 0 spiro atoms. The summed E-state index contributed by atoms with van der Waals surface area (Å²) in [5, 5.41) is 15.4. The van der Waals surface area contributed by atoms with Crippen molar-refractivity contribution in [1.82, 2.24) is 9.99 Å². The van der Waals surface area contributed by atoms with Crippen LogP contribution in [0.25, 0.3) is 6.08 Å². The molecule has 172 valence electrons. The van der Waals surface area contributed by atoms with Crippen LogP contribution in [0, 0.1) is 12.3 Å². The summed E-state index contributed by atoms with van der Waals surface area (Å²) in [7, 11) is 0. The van der Waals surface area contributed by atoms with Crippen LogP contribution in [0.2, 0.25) is 5.02 Å². The van der Waals surface area contributed by atoms with Gasteiger partial charge < -0.3 is 4.74 Å².